The highest BCUT2D eigenvalue weighted by Crippen LogP contribution is 2.35. The minimum Gasteiger partial charge on any atom is -0.296 e. The van der Waals surface area contributed by atoms with Crippen molar-refractivity contribution < 1.29 is 21.6 Å². The van der Waals surface area contributed by atoms with Gasteiger partial charge in [0.1, 0.15) is 0 Å². The third-order valence-electron chi connectivity index (χ3n) is 3.70. The van der Waals surface area contributed by atoms with Gasteiger partial charge >= 0.3 is 0 Å². The molecule has 0 N–H and O–H groups in total. The Morgan fingerprint density at radius 1 is 0.692 bits per heavy atom. The summed E-state index contributed by atoms with van der Waals surface area (Å²) in [6, 6.07) is 12.2. The van der Waals surface area contributed by atoms with E-state index in [4.69, 9.17) is 0 Å². The summed E-state index contributed by atoms with van der Waals surface area (Å²) in [5, 5.41) is 0. The molecule has 0 amide bonds. The highest BCUT2D eigenvalue weighted by Gasteiger charge is 2.26. The molecule has 2 aromatic carbocycles. The van der Waals surface area contributed by atoms with Gasteiger partial charge in [-0.05, 0) is 35.4 Å². The summed E-state index contributed by atoms with van der Waals surface area (Å²) < 4.78 is 46.0. The first-order valence-electron chi connectivity index (χ1n) is 7.33. The van der Waals surface area contributed by atoms with Gasteiger partial charge in [-0.2, -0.15) is 0 Å². The van der Waals surface area contributed by atoms with Gasteiger partial charge in [-0.1, -0.05) is 56.1 Å². The number of ketones is 1. The zero-order valence-corrected chi connectivity index (χ0v) is 18.7. The van der Waals surface area contributed by atoms with E-state index in [9.17, 15) is 21.6 Å². The summed E-state index contributed by atoms with van der Waals surface area (Å²) in [5.74, 6) is -0.191. The number of halogens is 2. The van der Waals surface area contributed by atoms with Crippen molar-refractivity contribution in [2.45, 2.75) is 19.4 Å². The Labute approximate surface area is 169 Å². The molecule has 0 fully saturated rings. The smallest absolute Gasteiger partial charge is 0.175 e. The molecule has 0 bridgehead atoms. The second kappa shape index (κ2) is 7.92. The molecule has 140 valence electrons. The van der Waals surface area contributed by atoms with E-state index in [1.54, 1.807) is 24.3 Å². The molecule has 0 heterocycles. The fourth-order valence-electron chi connectivity index (χ4n) is 2.22. The van der Waals surface area contributed by atoms with Crippen LogP contribution in [0.2, 0.25) is 0 Å². The van der Waals surface area contributed by atoms with E-state index >= 15 is 0 Å². The maximum atomic E-state index is 12.7. The number of rotatable bonds is 6. The van der Waals surface area contributed by atoms with Crippen LogP contribution in [-0.2, 0) is 24.5 Å². The van der Waals surface area contributed by atoms with E-state index in [1.165, 1.54) is 24.3 Å². The molecule has 0 aliphatic carbocycles. The average molecular weight is 524 g/mol. The molecule has 2 aromatic rings. The van der Waals surface area contributed by atoms with Crippen molar-refractivity contribution in [1.82, 2.24) is 0 Å². The lowest BCUT2D eigenvalue weighted by Crippen LogP contribution is -2.13. The largest absolute Gasteiger partial charge is 0.296 e. The topological polar surface area (TPSA) is 85.3 Å². The number of carbonyl (C=O) groups excluding carboxylic acids is 1. The predicted molar refractivity (Wildman–Crippen MR) is 107 cm³/mol. The van der Waals surface area contributed by atoms with E-state index < -0.39 is 29.3 Å². The summed E-state index contributed by atoms with van der Waals surface area (Å²) in [7, 11) is -6.60. The number of sulfone groups is 2. The van der Waals surface area contributed by atoms with Crippen molar-refractivity contribution in [2.75, 3.05) is 12.5 Å². The summed E-state index contributed by atoms with van der Waals surface area (Å²) in [5.41, 5.74) is 1.25. The summed E-state index contributed by atoms with van der Waals surface area (Å²) in [6.45, 7) is 0. The Morgan fingerprint density at radius 3 is 1.19 bits per heavy atom. The number of carbonyl (C=O) groups is 1. The van der Waals surface area contributed by atoms with Crippen molar-refractivity contribution in [2.24, 2.45) is 0 Å². The van der Waals surface area contributed by atoms with Crippen LogP contribution in [-0.4, -0.2) is 35.1 Å². The second-order valence-electron chi connectivity index (χ2n) is 5.81. The van der Waals surface area contributed by atoms with Crippen molar-refractivity contribution >= 4 is 57.3 Å². The number of hydrogen-bond donors (Lipinski definition) is 0. The Morgan fingerprint density at radius 2 is 0.962 bits per heavy atom. The lowest BCUT2D eigenvalue weighted by molar-refractivity contribution is -0.118. The van der Waals surface area contributed by atoms with E-state index in [-0.39, 0.29) is 15.6 Å². The minimum absolute atomic E-state index is 0.181. The van der Waals surface area contributed by atoms with Crippen molar-refractivity contribution in [3.8, 4) is 0 Å². The van der Waals surface area contributed by atoms with Crippen LogP contribution in [0.1, 0.15) is 20.8 Å². The van der Waals surface area contributed by atoms with Crippen LogP contribution in [0, 0.1) is 0 Å². The van der Waals surface area contributed by atoms with Gasteiger partial charge in [-0.25, -0.2) is 16.8 Å². The fraction of sp³-hybridized carbons (Fsp3) is 0.235. The quantitative estimate of drug-likeness (QED) is 0.539. The highest BCUT2D eigenvalue weighted by atomic mass is 79.9. The molecule has 2 unspecified atom stereocenters. The van der Waals surface area contributed by atoms with E-state index in [1.807, 2.05) is 0 Å². The second-order valence-corrected chi connectivity index (χ2v) is 11.7. The molecule has 26 heavy (non-hydrogen) atoms. The van der Waals surface area contributed by atoms with Gasteiger partial charge in [0.05, 0.1) is 19.4 Å². The van der Waals surface area contributed by atoms with E-state index in [2.05, 4.69) is 31.9 Å². The maximum absolute atomic E-state index is 12.7. The molecule has 0 aromatic heterocycles. The maximum Gasteiger partial charge on any atom is 0.175 e. The standard InChI is InChI=1S/C17H16Br2O5S2/c1-25(21,22)13-7-3-11(4-8-13)15(18)17(20)16(19)12-5-9-14(10-6-12)26(2,23)24/h3-10,15-16H,1-2H3. The van der Waals surface area contributed by atoms with Crippen LogP contribution < -0.4 is 0 Å². The minimum atomic E-state index is -3.30. The third-order valence-corrected chi connectivity index (χ3v) is 7.92. The van der Waals surface area contributed by atoms with Crippen LogP contribution in [0.3, 0.4) is 0 Å². The van der Waals surface area contributed by atoms with Gasteiger partial charge in [0.15, 0.2) is 25.5 Å². The molecular formula is C17H16Br2O5S2. The van der Waals surface area contributed by atoms with Gasteiger partial charge in [-0.15, -0.1) is 0 Å². The molecule has 0 spiro atoms. The molecule has 0 aliphatic heterocycles. The summed E-state index contributed by atoms with van der Waals surface area (Å²) in [4.78, 5) is 11.8. The third kappa shape index (κ3) is 5.03. The highest BCUT2D eigenvalue weighted by molar-refractivity contribution is 9.10. The number of benzene rings is 2. The van der Waals surface area contributed by atoms with Crippen molar-refractivity contribution in [1.29, 1.82) is 0 Å². The van der Waals surface area contributed by atoms with E-state index in [0.717, 1.165) is 12.5 Å². The fourth-order valence-corrected chi connectivity index (χ4v) is 4.98. The Bertz CT molecular complexity index is 928. The normalized spacial score (nSPS) is 14.6. The monoisotopic (exact) mass is 522 g/mol. The lowest BCUT2D eigenvalue weighted by Gasteiger charge is -2.15. The molecule has 2 atom stereocenters. The first-order valence-corrected chi connectivity index (χ1v) is 12.9. The number of Topliss-reactive ketones (excluding diaryl/α,β-unsaturated/α-hetero) is 1. The number of hydrogen-bond acceptors (Lipinski definition) is 5. The van der Waals surface area contributed by atoms with E-state index in [0.29, 0.717) is 11.1 Å². The van der Waals surface area contributed by atoms with Gasteiger partial charge in [0.2, 0.25) is 0 Å². The van der Waals surface area contributed by atoms with Crippen LogP contribution in [0.4, 0.5) is 0 Å². The summed E-state index contributed by atoms with van der Waals surface area (Å²) in [6.07, 6.45) is 2.24. The van der Waals surface area contributed by atoms with Gasteiger partial charge < -0.3 is 0 Å². The van der Waals surface area contributed by atoms with Crippen LogP contribution in [0.5, 0.6) is 0 Å². The zero-order chi connectivity index (χ0) is 19.7. The zero-order valence-electron chi connectivity index (χ0n) is 13.9. The molecule has 0 radical (unpaired) electrons. The SMILES string of the molecule is CS(=O)(=O)c1ccc(C(Br)C(=O)C(Br)c2ccc(S(C)(=O)=O)cc2)cc1. The van der Waals surface area contributed by atoms with Crippen LogP contribution in [0.25, 0.3) is 0 Å². The first-order chi connectivity index (χ1) is 11.9. The van der Waals surface area contributed by atoms with Gasteiger partial charge in [-0.3, -0.25) is 4.79 Å². The Hall–Kier alpha value is -1.03. The number of alkyl halides is 2. The molecule has 2 rings (SSSR count). The molecule has 0 saturated heterocycles. The van der Waals surface area contributed by atoms with Crippen molar-refractivity contribution in [3.05, 3.63) is 59.7 Å². The first kappa shape index (κ1) is 21.3. The predicted octanol–water partition coefficient (Wildman–Crippen LogP) is 3.63. The molecule has 5 nitrogen and oxygen atoms in total. The molecule has 0 aliphatic rings. The Kier molecular flexibility index (Phi) is 6.48. The van der Waals surface area contributed by atoms with Crippen molar-refractivity contribution in [3.63, 3.8) is 0 Å². The average Bonchev–Trinajstić information content (AvgIpc) is 2.58. The Balaban J connectivity index is 2.22. The van der Waals surface area contributed by atoms with Crippen LogP contribution >= 0.6 is 31.9 Å². The molecular weight excluding hydrogens is 508 g/mol. The van der Waals surface area contributed by atoms with Crippen LogP contribution in [0.15, 0.2) is 58.3 Å². The molecule has 0 saturated carbocycles. The summed E-state index contributed by atoms with van der Waals surface area (Å²) >= 11 is 6.69. The lowest BCUT2D eigenvalue weighted by atomic mass is 10.0. The van der Waals surface area contributed by atoms with Gasteiger partial charge in [0.25, 0.3) is 0 Å². The molecule has 9 heteroatoms. The van der Waals surface area contributed by atoms with Gasteiger partial charge in [0, 0.05) is 12.5 Å².